The van der Waals surface area contributed by atoms with E-state index in [4.69, 9.17) is 0 Å². The number of amides is 3. The number of halogens is 4. The fraction of sp³-hybridized carbons (Fsp3) is 0.240. The summed E-state index contributed by atoms with van der Waals surface area (Å²) < 4.78 is 54.4. The molecule has 198 valence electrons. The molecule has 3 amide bonds. The number of hydrogen-bond acceptors (Lipinski definition) is 5. The average molecular weight is 530 g/mol. The van der Waals surface area contributed by atoms with E-state index >= 15 is 0 Å². The van der Waals surface area contributed by atoms with Crippen LogP contribution in [-0.2, 0) is 22.3 Å². The Morgan fingerprint density at radius 1 is 1.08 bits per heavy atom. The largest absolute Gasteiger partial charge is 0.433 e. The molecule has 3 N–H and O–H groups in total. The Morgan fingerprint density at radius 3 is 2.61 bits per heavy atom. The number of pyridine rings is 1. The number of aromatic nitrogens is 3. The predicted octanol–water partition coefficient (Wildman–Crippen LogP) is 3.21. The van der Waals surface area contributed by atoms with Crippen molar-refractivity contribution in [3.8, 4) is 0 Å². The molecular formula is C25H22F4N6O3. The van der Waals surface area contributed by atoms with E-state index in [2.05, 4.69) is 26.0 Å². The van der Waals surface area contributed by atoms with Gasteiger partial charge in [-0.15, -0.1) is 0 Å². The van der Waals surface area contributed by atoms with E-state index in [0.29, 0.717) is 11.8 Å². The standard InChI is InChI=1S/C25H22F4N6O3/c26-17-12-19-16(11-20(17)33-24(38)18-7-4-8-21(32-18)25(27,28)29)13-35(34-19)14-22(36)30-9-10-31-23(37)15-5-2-1-3-6-15/h1-5,7-8,11-13,15H,6,9-10,14H2,(H,30,36)(H,31,37)(H,33,38). The molecule has 3 aromatic rings. The smallest absolute Gasteiger partial charge is 0.354 e. The van der Waals surface area contributed by atoms with Crippen molar-refractivity contribution in [2.24, 2.45) is 5.92 Å². The van der Waals surface area contributed by atoms with Gasteiger partial charge in [0.05, 0.1) is 17.1 Å². The van der Waals surface area contributed by atoms with Gasteiger partial charge in [-0.1, -0.05) is 30.4 Å². The van der Waals surface area contributed by atoms with Crippen molar-refractivity contribution in [1.82, 2.24) is 25.4 Å². The highest BCUT2D eigenvalue weighted by atomic mass is 19.4. The number of rotatable bonds is 8. The van der Waals surface area contributed by atoms with Crippen molar-refractivity contribution < 1.29 is 31.9 Å². The van der Waals surface area contributed by atoms with E-state index in [1.807, 2.05) is 12.2 Å². The SMILES string of the molecule is O=C(Cn1cc2cc(NC(=O)c3cccc(C(F)(F)F)n3)c(F)cc2n1)NCCNC(=O)C1C=CC=CC1. The molecule has 0 saturated carbocycles. The summed E-state index contributed by atoms with van der Waals surface area (Å²) in [7, 11) is 0. The maximum atomic E-state index is 14.6. The zero-order valence-corrected chi connectivity index (χ0v) is 19.8. The molecule has 38 heavy (non-hydrogen) atoms. The van der Waals surface area contributed by atoms with E-state index in [-0.39, 0.29) is 42.7 Å². The zero-order valence-electron chi connectivity index (χ0n) is 19.8. The van der Waals surface area contributed by atoms with E-state index in [0.717, 1.165) is 24.3 Å². The molecule has 1 atom stereocenters. The van der Waals surface area contributed by atoms with Gasteiger partial charge in [0.15, 0.2) is 0 Å². The lowest BCUT2D eigenvalue weighted by Gasteiger charge is -2.13. The van der Waals surface area contributed by atoms with E-state index in [1.165, 1.54) is 16.9 Å². The number of allylic oxidation sites excluding steroid dienone is 3. The molecule has 0 spiro atoms. The summed E-state index contributed by atoms with van der Waals surface area (Å²) >= 11 is 0. The number of nitrogens with one attached hydrogen (secondary N) is 3. The van der Waals surface area contributed by atoms with Gasteiger partial charge in [0.1, 0.15) is 23.7 Å². The minimum Gasteiger partial charge on any atom is -0.354 e. The number of carbonyl (C=O) groups excluding carboxylic acids is 3. The van der Waals surface area contributed by atoms with Crippen molar-refractivity contribution in [1.29, 1.82) is 0 Å². The first-order valence-electron chi connectivity index (χ1n) is 11.5. The number of alkyl halides is 3. The van der Waals surface area contributed by atoms with Crippen LogP contribution in [0.4, 0.5) is 23.2 Å². The Bertz CT molecular complexity index is 1430. The fourth-order valence-corrected chi connectivity index (χ4v) is 3.68. The number of fused-ring (bicyclic) bond motifs is 1. The number of carbonyl (C=O) groups is 3. The maximum absolute atomic E-state index is 14.6. The van der Waals surface area contributed by atoms with E-state index in [9.17, 15) is 31.9 Å². The third kappa shape index (κ3) is 6.60. The van der Waals surface area contributed by atoms with Crippen LogP contribution in [-0.4, -0.2) is 45.6 Å². The lowest BCUT2D eigenvalue weighted by atomic mass is 10.0. The van der Waals surface area contributed by atoms with Crippen LogP contribution in [0.2, 0.25) is 0 Å². The molecule has 0 aliphatic heterocycles. The summed E-state index contributed by atoms with van der Waals surface area (Å²) in [6.45, 7) is 0.261. The molecule has 2 aromatic heterocycles. The van der Waals surface area contributed by atoms with Crippen LogP contribution in [0, 0.1) is 11.7 Å². The normalized spacial score (nSPS) is 14.9. The quantitative estimate of drug-likeness (QED) is 0.306. The van der Waals surface area contributed by atoms with Gasteiger partial charge in [0.25, 0.3) is 5.91 Å². The fourth-order valence-electron chi connectivity index (χ4n) is 3.68. The summed E-state index contributed by atoms with van der Waals surface area (Å²) in [6, 6.07) is 5.11. The molecule has 13 heteroatoms. The molecule has 0 saturated heterocycles. The predicted molar refractivity (Wildman–Crippen MR) is 129 cm³/mol. The lowest BCUT2D eigenvalue weighted by Crippen LogP contribution is -2.38. The first-order valence-corrected chi connectivity index (χ1v) is 11.5. The monoisotopic (exact) mass is 530 g/mol. The van der Waals surface area contributed by atoms with Crippen LogP contribution in [0.3, 0.4) is 0 Å². The van der Waals surface area contributed by atoms with Gasteiger partial charge in [-0.2, -0.15) is 18.3 Å². The van der Waals surface area contributed by atoms with Gasteiger partial charge in [-0.25, -0.2) is 9.37 Å². The van der Waals surface area contributed by atoms with Gasteiger partial charge in [-0.3, -0.25) is 19.1 Å². The molecule has 0 fully saturated rings. The Balaban J connectivity index is 1.33. The first kappa shape index (κ1) is 26.5. The van der Waals surface area contributed by atoms with E-state index < -0.39 is 35.2 Å². The summed E-state index contributed by atoms with van der Waals surface area (Å²) in [5.41, 5.74) is -1.87. The van der Waals surface area contributed by atoms with Crippen molar-refractivity contribution in [3.05, 3.63) is 78.0 Å². The summed E-state index contributed by atoms with van der Waals surface area (Å²) in [6.07, 6.45) is 4.72. The molecule has 1 aliphatic carbocycles. The second-order valence-electron chi connectivity index (χ2n) is 8.37. The molecule has 0 bridgehead atoms. The summed E-state index contributed by atoms with van der Waals surface area (Å²) in [5, 5.41) is 12.1. The highest BCUT2D eigenvalue weighted by molar-refractivity contribution is 6.04. The molecule has 4 rings (SSSR count). The van der Waals surface area contributed by atoms with Crippen molar-refractivity contribution in [3.63, 3.8) is 0 Å². The number of hydrogen-bond donors (Lipinski definition) is 3. The molecule has 0 radical (unpaired) electrons. The first-order chi connectivity index (χ1) is 18.1. The average Bonchev–Trinajstić information content (AvgIpc) is 3.27. The Morgan fingerprint density at radius 2 is 1.87 bits per heavy atom. The lowest BCUT2D eigenvalue weighted by molar-refractivity contribution is -0.141. The zero-order chi connectivity index (χ0) is 27.3. The number of nitrogens with zero attached hydrogens (tertiary/aromatic N) is 3. The van der Waals surface area contributed by atoms with E-state index in [1.54, 1.807) is 12.2 Å². The maximum Gasteiger partial charge on any atom is 0.433 e. The van der Waals surface area contributed by atoms with Crippen LogP contribution in [0.15, 0.2) is 60.8 Å². The van der Waals surface area contributed by atoms with Gasteiger partial charge >= 0.3 is 6.18 Å². The molecule has 2 heterocycles. The molecule has 1 unspecified atom stereocenters. The Kier molecular flexibility index (Phi) is 7.84. The minimum absolute atomic E-state index is 0.132. The van der Waals surface area contributed by atoms with Crippen LogP contribution in [0.1, 0.15) is 22.6 Å². The molecular weight excluding hydrogens is 508 g/mol. The van der Waals surface area contributed by atoms with Gasteiger partial charge < -0.3 is 16.0 Å². The Hall–Kier alpha value is -4.55. The number of benzene rings is 1. The minimum atomic E-state index is -4.74. The van der Waals surface area contributed by atoms with Crippen molar-refractivity contribution in [2.45, 2.75) is 19.1 Å². The topological polar surface area (TPSA) is 118 Å². The van der Waals surface area contributed by atoms with Gasteiger partial charge in [0, 0.05) is 30.7 Å². The van der Waals surface area contributed by atoms with Crippen LogP contribution in [0.25, 0.3) is 10.9 Å². The van der Waals surface area contributed by atoms with Gasteiger partial charge in [-0.05, 0) is 24.6 Å². The third-order valence-corrected chi connectivity index (χ3v) is 5.53. The molecule has 1 aliphatic rings. The van der Waals surface area contributed by atoms with Crippen molar-refractivity contribution >= 4 is 34.3 Å². The second-order valence-corrected chi connectivity index (χ2v) is 8.37. The van der Waals surface area contributed by atoms with Gasteiger partial charge in [0.2, 0.25) is 11.8 Å². The molecule has 1 aromatic carbocycles. The highest BCUT2D eigenvalue weighted by Crippen LogP contribution is 2.28. The summed E-state index contributed by atoms with van der Waals surface area (Å²) in [4.78, 5) is 40.0. The Labute approximate surface area is 213 Å². The summed E-state index contributed by atoms with van der Waals surface area (Å²) in [5.74, 6) is -2.65. The number of anilines is 1. The molecule has 9 nitrogen and oxygen atoms in total. The third-order valence-electron chi connectivity index (χ3n) is 5.53. The van der Waals surface area contributed by atoms with Crippen LogP contribution in [0.5, 0.6) is 0 Å². The van der Waals surface area contributed by atoms with Crippen LogP contribution < -0.4 is 16.0 Å². The highest BCUT2D eigenvalue weighted by Gasteiger charge is 2.33. The van der Waals surface area contributed by atoms with Crippen molar-refractivity contribution in [2.75, 3.05) is 18.4 Å². The van der Waals surface area contributed by atoms with Crippen LogP contribution >= 0.6 is 0 Å². The second kappa shape index (κ2) is 11.2.